The third-order valence-corrected chi connectivity index (χ3v) is 8.20. The Morgan fingerprint density at radius 3 is 2.50 bits per heavy atom. The van der Waals surface area contributed by atoms with E-state index in [1.165, 1.54) is 0 Å². The number of nitrogens with zero attached hydrogens (tertiary/aromatic N) is 3. The summed E-state index contributed by atoms with van der Waals surface area (Å²) >= 11 is 5.67. The Balaban J connectivity index is 1.19. The second-order valence-corrected chi connectivity index (χ2v) is 11.0. The van der Waals surface area contributed by atoms with Crippen LogP contribution >= 0.6 is 12.2 Å². The smallest absolute Gasteiger partial charge is 0.328 e. The molecule has 0 spiro atoms. The number of fused-ring (bicyclic) bond motifs is 1. The van der Waals surface area contributed by atoms with Gasteiger partial charge in [-0.1, -0.05) is 54.6 Å². The van der Waals surface area contributed by atoms with Crippen molar-refractivity contribution in [2.24, 2.45) is 0 Å². The number of H-pyrrole nitrogens is 1. The van der Waals surface area contributed by atoms with E-state index in [1.54, 1.807) is 7.11 Å². The zero-order valence-corrected chi connectivity index (χ0v) is 25.3. The van der Waals surface area contributed by atoms with Gasteiger partial charge in [0.05, 0.1) is 6.10 Å². The van der Waals surface area contributed by atoms with E-state index in [2.05, 4.69) is 10.4 Å². The van der Waals surface area contributed by atoms with Gasteiger partial charge >= 0.3 is 10.7 Å². The van der Waals surface area contributed by atoms with E-state index in [0.717, 1.165) is 39.7 Å². The fraction of sp³-hybridized carbons (Fsp3) is 0.206. The number of rotatable bonds is 10. The summed E-state index contributed by atoms with van der Waals surface area (Å²) in [5.41, 5.74) is 5.58. The topological polar surface area (TPSA) is 95.6 Å². The molecule has 2 atom stereocenters. The number of benzene rings is 4. The summed E-state index contributed by atoms with van der Waals surface area (Å²) in [7, 11) is 1.61. The highest BCUT2D eigenvalue weighted by molar-refractivity contribution is 7.71. The van der Waals surface area contributed by atoms with E-state index in [-0.39, 0.29) is 12.8 Å². The predicted molar refractivity (Wildman–Crippen MR) is 171 cm³/mol. The number of carboxylic acid groups (broad SMARTS) is 1. The molecular formula is C34H34N5O4S+. The molecule has 2 unspecified atom stereocenters. The summed E-state index contributed by atoms with van der Waals surface area (Å²) in [6.07, 6.45) is -0.0231. The number of anilines is 2. The van der Waals surface area contributed by atoms with Crippen LogP contribution in [0.3, 0.4) is 0 Å². The summed E-state index contributed by atoms with van der Waals surface area (Å²) < 4.78 is 16.4. The predicted octanol–water partition coefficient (Wildman–Crippen LogP) is 6.12. The second kappa shape index (κ2) is 12.7. The molecule has 10 heteroatoms. The Morgan fingerprint density at radius 1 is 1.02 bits per heavy atom. The van der Waals surface area contributed by atoms with Gasteiger partial charge in [-0.2, -0.15) is 4.57 Å². The first-order valence-electron chi connectivity index (χ1n) is 14.4. The van der Waals surface area contributed by atoms with Gasteiger partial charge in [-0.25, -0.2) is 4.79 Å². The quantitative estimate of drug-likeness (QED) is 0.0999. The number of methoxy groups -OCH3 is 1. The van der Waals surface area contributed by atoms with Crippen LogP contribution in [-0.4, -0.2) is 40.7 Å². The Morgan fingerprint density at radius 2 is 1.77 bits per heavy atom. The first-order chi connectivity index (χ1) is 21.4. The molecule has 1 aliphatic rings. The van der Waals surface area contributed by atoms with Gasteiger partial charge in [0, 0.05) is 50.0 Å². The van der Waals surface area contributed by atoms with Crippen molar-refractivity contribution in [3.63, 3.8) is 0 Å². The number of nitrogens with one attached hydrogen (secondary N) is 2. The lowest BCUT2D eigenvalue weighted by Gasteiger charge is -2.40. The molecule has 44 heavy (non-hydrogen) atoms. The Hall–Kier alpha value is -4.93. The Kier molecular flexibility index (Phi) is 8.44. The maximum Gasteiger partial charge on any atom is 0.328 e. The van der Waals surface area contributed by atoms with E-state index >= 15 is 0 Å². The summed E-state index contributed by atoms with van der Waals surface area (Å²) in [4.78, 5) is 14.2. The van der Waals surface area contributed by atoms with Crippen molar-refractivity contribution in [3.05, 3.63) is 125 Å². The first kappa shape index (κ1) is 29.2. The second-order valence-electron chi connectivity index (χ2n) is 10.6. The molecule has 0 radical (unpaired) electrons. The molecule has 1 aliphatic heterocycles. The molecule has 0 saturated heterocycles. The van der Waals surface area contributed by atoms with Gasteiger partial charge in [-0.15, -0.1) is 9.78 Å². The number of carboxylic acids is 1. The van der Waals surface area contributed by atoms with Crippen LogP contribution in [0.2, 0.25) is 0 Å². The Bertz CT molecular complexity index is 1820. The van der Waals surface area contributed by atoms with E-state index in [1.807, 2.05) is 124 Å². The van der Waals surface area contributed by atoms with Gasteiger partial charge < -0.3 is 24.8 Å². The minimum Gasteiger partial charge on any atom is -0.480 e. The molecule has 4 aromatic carbocycles. The Labute approximate surface area is 260 Å². The molecule has 0 amide bonds. The lowest BCUT2D eigenvalue weighted by molar-refractivity contribution is -0.610. The lowest BCUT2D eigenvalue weighted by Crippen LogP contribution is -2.45. The van der Waals surface area contributed by atoms with E-state index in [0.29, 0.717) is 23.5 Å². The normalized spacial score (nSPS) is 15.9. The van der Waals surface area contributed by atoms with E-state index in [4.69, 9.17) is 21.7 Å². The van der Waals surface area contributed by atoms with Gasteiger partial charge in [0.2, 0.25) is 5.82 Å². The average Bonchev–Trinajstić information content (AvgIpc) is 3.35. The van der Waals surface area contributed by atoms with Crippen LogP contribution in [-0.2, 0) is 16.1 Å². The van der Waals surface area contributed by atoms with Crippen LogP contribution in [0.4, 0.5) is 11.4 Å². The molecule has 0 saturated carbocycles. The maximum atomic E-state index is 12.2. The van der Waals surface area contributed by atoms with Gasteiger partial charge in [0.15, 0.2) is 6.73 Å². The maximum absolute atomic E-state index is 12.2. The van der Waals surface area contributed by atoms with Crippen LogP contribution in [0, 0.1) is 11.7 Å². The molecule has 0 aliphatic carbocycles. The van der Waals surface area contributed by atoms with Crippen LogP contribution in [0.5, 0.6) is 5.75 Å². The molecule has 9 nitrogen and oxygen atoms in total. The van der Waals surface area contributed by atoms with Crippen LogP contribution < -0.4 is 19.5 Å². The summed E-state index contributed by atoms with van der Waals surface area (Å²) in [6, 6.07) is 32.9. The summed E-state index contributed by atoms with van der Waals surface area (Å²) in [5, 5.41) is 16.7. The summed E-state index contributed by atoms with van der Waals surface area (Å²) in [5.74, 6) is 0.740. The third kappa shape index (κ3) is 5.95. The van der Waals surface area contributed by atoms with Crippen LogP contribution in [0.1, 0.15) is 29.5 Å². The average molecular weight is 609 g/mol. The molecule has 6 rings (SSSR count). The fourth-order valence-electron chi connectivity index (χ4n) is 5.76. The fourth-order valence-corrected chi connectivity index (χ4v) is 6.09. The monoisotopic (exact) mass is 608 g/mol. The number of hydrogen-bond acceptors (Lipinski definition) is 6. The zero-order valence-electron chi connectivity index (χ0n) is 24.5. The lowest BCUT2D eigenvalue weighted by atomic mass is 9.92. The van der Waals surface area contributed by atoms with E-state index in [9.17, 15) is 9.90 Å². The largest absolute Gasteiger partial charge is 0.480 e. The molecule has 1 aromatic heterocycles. The molecule has 3 N–H and O–H groups in total. The van der Waals surface area contributed by atoms with Gasteiger partial charge in [-0.05, 0) is 60.2 Å². The molecule has 2 heterocycles. The van der Waals surface area contributed by atoms with Gasteiger partial charge in [0.25, 0.3) is 0 Å². The number of para-hydroxylation sites is 1. The number of hydrogen-bond donors (Lipinski definition) is 3. The number of aromatic nitrogens is 3. The number of carbonyl (C=O) groups is 1. The van der Waals surface area contributed by atoms with Gasteiger partial charge in [0.1, 0.15) is 23.2 Å². The molecular weight excluding hydrogens is 574 g/mol. The molecule has 0 bridgehead atoms. The highest BCUT2D eigenvalue weighted by Gasteiger charge is 2.37. The third-order valence-electron chi connectivity index (χ3n) is 7.93. The zero-order chi connectivity index (χ0) is 30.6. The van der Waals surface area contributed by atoms with Crippen molar-refractivity contribution < 1.29 is 23.9 Å². The van der Waals surface area contributed by atoms with Crippen molar-refractivity contribution in [2.45, 2.75) is 32.0 Å². The highest BCUT2D eigenvalue weighted by atomic mass is 32.1. The van der Waals surface area contributed by atoms with Crippen LogP contribution in [0.25, 0.3) is 11.4 Å². The standard InChI is InChI=1S/C34H33N5O4S/c1-23-38(34(44)36-39(23)26-13-7-4-8-14-26)27-15-9-12-25(18-27)35-22-43-28-16-17-30-29(19-28)32(42-2)20-31(33(40)41)37(30)21-24-10-5-3-6-11-24/h3-19,31-32,35H,20-22H2,1-2H3,(H-,36,40,41,44)/p+1. The van der Waals surface area contributed by atoms with Crippen molar-refractivity contribution in [1.82, 2.24) is 9.78 Å². The van der Waals surface area contributed by atoms with Gasteiger partial charge in [-0.3, -0.25) is 0 Å². The van der Waals surface area contributed by atoms with E-state index < -0.39 is 12.0 Å². The van der Waals surface area contributed by atoms with Crippen LogP contribution in [0.15, 0.2) is 103 Å². The minimum atomic E-state index is -0.869. The SMILES string of the molecule is COC1CC(C(=O)O)N(Cc2ccccc2)c2ccc(OCNc3cccc(-[n+]4c(C)n(-c5ccccc5)[nH]c4=S)c3)cc21. The molecule has 224 valence electrons. The van der Waals surface area contributed by atoms with Crippen molar-refractivity contribution in [3.8, 4) is 17.1 Å². The molecule has 5 aromatic rings. The minimum absolute atomic E-state index is 0.229. The number of ether oxygens (including phenoxy) is 2. The number of aromatic amines is 1. The van der Waals surface area contributed by atoms with Crippen molar-refractivity contribution in [1.29, 1.82) is 0 Å². The summed E-state index contributed by atoms with van der Waals surface area (Å²) in [6.45, 7) is 2.73. The van der Waals surface area contributed by atoms with Crippen molar-refractivity contribution >= 4 is 29.6 Å². The van der Waals surface area contributed by atoms with Crippen molar-refractivity contribution in [2.75, 3.05) is 24.1 Å². The molecule has 0 fully saturated rings. The number of aliphatic carboxylic acids is 1. The first-order valence-corrected chi connectivity index (χ1v) is 14.8. The highest BCUT2D eigenvalue weighted by Crippen LogP contribution is 2.41.